The summed E-state index contributed by atoms with van der Waals surface area (Å²) in [4.78, 5) is 72.0. The molecule has 61 heavy (non-hydrogen) atoms. The lowest BCUT2D eigenvalue weighted by Crippen LogP contribution is -2.51. The van der Waals surface area contributed by atoms with Crippen LogP contribution >= 0.6 is 0 Å². The van der Waals surface area contributed by atoms with Gasteiger partial charge in [0.25, 0.3) is 5.91 Å². The molecule has 6 aromatic rings. The highest BCUT2D eigenvalue weighted by Gasteiger charge is 2.40. The zero-order chi connectivity index (χ0) is 42.9. The number of rotatable bonds is 11. The number of amides is 4. The van der Waals surface area contributed by atoms with Crippen molar-refractivity contribution in [2.45, 2.75) is 63.7 Å². The SMILES string of the molecule is COC(=O)N[C@@H](C(=O)N1CCC[C@H]1c1ncc(-c2ccc3oc(-c4ccc(-c5cnc([C@@H]6CCCN6C(=O)[C@H](C(C)C)N(C)C(=O)O)[nH]5)cc4F)cc3c2)[nH]1)c1ccccc1. The maximum absolute atomic E-state index is 15.9. The highest BCUT2D eigenvalue weighted by atomic mass is 19.1. The van der Waals surface area contributed by atoms with Crippen molar-refractivity contribution in [1.82, 2.24) is 40.0 Å². The lowest BCUT2D eigenvalue weighted by atomic mass is 10.0. The number of carbonyl (C=O) groups excluding carboxylic acids is 3. The summed E-state index contributed by atoms with van der Waals surface area (Å²) in [5.41, 5.74) is 4.20. The molecule has 0 aliphatic carbocycles. The zero-order valence-corrected chi connectivity index (χ0v) is 34.2. The first-order chi connectivity index (χ1) is 29.4. The number of ether oxygens (including phenoxy) is 1. The molecule has 2 aliphatic heterocycles. The van der Waals surface area contributed by atoms with Crippen molar-refractivity contribution < 1.29 is 37.8 Å². The van der Waals surface area contributed by atoms with E-state index >= 15 is 4.39 Å². The molecule has 2 aliphatic rings. The first-order valence-electron chi connectivity index (χ1n) is 20.3. The first-order valence-corrected chi connectivity index (χ1v) is 20.3. The van der Waals surface area contributed by atoms with Crippen LogP contribution in [0.5, 0.6) is 0 Å². The number of hydrogen-bond acceptors (Lipinski definition) is 8. The topological polar surface area (TPSA) is 190 Å². The summed E-state index contributed by atoms with van der Waals surface area (Å²) >= 11 is 0. The molecule has 4 atom stereocenters. The number of likely N-dealkylation sites (N-methyl/N-ethyl adjacent to an activating group) is 1. The Labute approximate surface area is 350 Å². The number of nitrogens with zero attached hydrogens (tertiary/aromatic N) is 5. The second-order valence-corrected chi connectivity index (χ2v) is 15.9. The summed E-state index contributed by atoms with van der Waals surface area (Å²) in [6.07, 6.45) is 4.35. The Bertz CT molecular complexity index is 2590. The molecule has 4 amide bonds. The quantitative estimate of drug-likeness (QED) is 0.100. The molecule has 0 saturated carbocycles. The minimum absolute atomic E-state index is 0.227. The Kier molecular flexibility index (Phi) is 11.3. The van der Waals surface area contributed by atoms with Crippen molar-refractivity contribution in [2.75, 3.05) is 27.2 Å². The number of likely N-dealkylation sites (tertiary alicyclic amines) is 2. The van der Waals surface area contributed by atoms with Crippen LogP contribution in [0.25, 0.3) is 44.8 Å². The van der Waals surface area contributed by atoms with Crippen LogP contribution in [0.15, 0.2) is 89.6 Å². The highest BCUT2D eigenvalue weighted by molar-refractivity contribution is 5.89. The predicted molar refractivity (Wildman–Crippen MR) is 223 cm³/mol. The maximum atomic E-state index is 15.9. The summed E-state index contributed by atoms with van der Waals surface area (Å²) in [6.45, 7) is 4.64. The predicted octanol–water partition coefficient (Wildman–Crippen LogP) is 8.08. The number of nitrogens with one attached hydrogen (secondary N) is 3. The third kappa shape index (κ3) is 8.04. The van der Waals surface area contributed by atoms with Crippen LogP contribution in [-0.4, -0.2) is 97.0 Å². The van der Waals surface area contributed by atoms with Gasteiger partial charge in [-0.3, -0.25) is 14.5 Å². The Morgan fingerprint density at radius 1 is 0.869 bits per heavy atom. The molecular weight excluding hydrogens is 784 g/mol. The van der Waals surface area contributed by atoms with E-state index in [2.05, 4.69) is 25.3 Å². The average Bonchev–Trinajstić information content (AvgIpc) is 4.11. The Morgan fingerprint density at radius 2 is 1.48 bits per heavy atom. The van der Waals surface area contributed by atoms with Crippen LogP contribution in [0.2, 0.25) is 0 Å². The van der Waals surface area contributed by atoms with Gasteiger partial charge in [-0.1, -0.05) is 50.2 Å². The van der Waals surface area contributed by atoms with Gasteiger partial charge < -0.3 is 39.3 Å². The molecule has 5 heterocycles. The molecule has 3 aromatic heterocycles. The van der Waals surface area contributed by atoms with Crippen LogP contribution in [0.1, 0.15) is 74.9 Å². The molecule has 16 heteroatoms. The van der Waals surface area contributed by atoms with E-state index in [1.807, 2.05) is 50.2 Å². The standard InChI is InChI=1S/C45H47FN8O7/c1-25(2)39(52(3)45(58)59)43(56)54-19-9-13-35(54)41-48-24-33(50-41)28-14-16-30(31(46)21-28)37-22-29-20-27(15-17-36(29)61-37)32-23-47-40(49-32)34-12-8-18-53(34)42(55)38(51-44(57)60-4)26-10-6-5-7-11-26/h5-7,10-11,14-17,20-25,34-35,38-39H,8-9,12-13,18-19H2,1-4H3,(H,47,49)(H,48,50)(H,51,57)(H,58,59)/t34-,35-,38+,39-/m0/s1. The molecule has 8 rings (SSSR count). The van der Waals surface area contributed by atoms with Gasteiger partial charge in [0, 0.05) is 36.7 Å². The summed E-state index contributed by atoms with van der Waals surface area (Å²) in [5, 5.41) is 13.0. The van der Waals surface area contributed by atoms with E-state index in [0.717, 1.165) is 34.4 Å². The number of methoxy groups -OCH3 is 1. The molecule has 4 N–H and O–H groups in total. The number of imidazole rings is 2. The molecule has 0 radical (unpaired) electrons. The molecule has 3 aromatic carbocycles. The van der Waals surface area contributed by atoms with Gasteiger partial charge in [-0.05, 0) is 73.6 Å². The van der Waals surface area contributed by atoms with Crippen molar-refractivity contribution in [3.05, 3.63) is 108 Å². The number of aromatic nitrogens is 4. The average molecular weight is 831 g/mol. The number of aromatic amines is 2. The zero-order valence-electron chi connectivity index (χ0n) is 34.2. The molecule has 0 spiro atoms. The van der Waals surface area contributed by atoms with Gasteiger partial charge in [-0.25, -0.2) is 23.9 Å². The van der Waals surface area contributed by atoms with E-state index in [9.17, 15) is 24.3 Å². The lowest BCUT2D eigenvalue weighted by Gasteiger charge is -2.33. The molecular formula is C45H47FN8O7. The van der Waals surface area contributed by atoms with Gasteiger partial charge in [0.2, 0.25) is 5.91 Å². The van der Waals surface area contributed by atoms with Crippen LogP contribution < -0.4 is 5.32 Å². The van der Waals surface area contributed by atoms with E-state index in [-0.39, 0.29) is 35.4 Å². The number of benzene rings is 3. The van der Waals surface area contributed by atoms with Crippen molar-refractivity contribution >= 4 is 35.0 Å². The number of H-pyrrole nitrogens is 2. The third-order valence-corrected chi connectivity index (χ3v) is 11.7. The second kappa shape index (κ2) is 17.0. The highest BCUT2D eigenvalue weighted by Crippen LogP contribution is 2.38. The number of furan rings is 1. The number of carbonyl (C=O) groups is 4. The number of halogens is 1. The van der Waals surface area contributed by atoms with Gasteiger partial charge in [0.1, 0.15) is 40.9 Å². The van der Waals surface area contributed by atoms with Gasteiger partial charge in [0.15, 0.2) is 0 Å². The van der Waals surface area contributed by atoms with E-state index < -0.39 is 30.1 Å². The summed E-state index contributed by atoms with van der Waals surface area (Å²) in [7, 11) is 2.67. The lowest BCUT2D eigenvalue weighted by molar-refractivity contribution is -0.138. The number of fused-ring (bicyclic) bond motifs is 1. The number of carboxylic acid groups (broad SMARTS) is 1. The van der Waals surface area contributed by atoms with Crippen LogP contribution in [0.3, 0.4) is 0 Å². The summed E-state index contributed by atoms with van der Waals surface area (Å²) < 4.78 is 26.8. The second-order valence-electron chi connectivity index (χ2n) is 15.9. The minimum atomic E-state index is -1.17. The summed E-state index contributed by atoms with van der Waals surface area (Å²) in [5.74, 6) is 0.294. The van der Waals surface area contributed by atoms with Gasteiger partial charge in [-0.2, -0.15) is 0 Å². The van der Waals surface area contributed by atoms with E-state index in [4.69, 9.17) is 9.15 Å². The molecule has 316 valence electrons. The Morgan fingerprint density at radius 3 is 2.07 bits per heavy atom. The third-order valence-electron chi connectivity index (χ3n) is 11.7. The van der Waals surface area contributed by atoms with Crippen LogP contribution in [-0.2, 0) is 14.3 Å². The Hall–Kier alpha value is -6.97. The van der Waals surface area contributed by atoms with Crippen molar-refractivity contribution in [3.63, 3.8) is 0 Å². The number of hydrogen-bond donors (Lipinski definition) is 4. The minimum Gasteiger partial charge on any atom is -0.465 e. The van der Waals surface area contributed by atoms with E-state index in [0.29, 0.717) is 65.7 Å². The van der Waals surface area contributed by atoms with Gasteiger partial charge in [0.05, 0.1) is 48.5 Å². The van der Waals surface area contributed by atoms with Crippen LogP contribution in [0.4, 0.5) is 14.0 Å². The van der Waals surface area contributed by atoms with E-state index in [1.54, 1.807) is 52.5 Å². The monoisotopic (exact) mass is 830 g/mol. The van der Waals surface area contributed by atoms with Gasteiger partial charge in [-0.15, -0.1) is 0 Å². The fraction of sp³-hybridized carbons (Fsp3) is 0.333. The largest absolute Gasteiger partial charge is 0.465 e. The Balaban J connectivity index is 0.976. The van der Waals surface area contributed by atoms with Crippen molar-refractivity contribution in [2.24, 2.45) is 5.92 Å². The smallest absolute Gasteiger partial charge is 0.407 e. The summed E-state index contributed by atoms with van der Waals surface area (Å²) in [6, 6.07) is 18.9. The van der Waals surface area contributed by atoms with Gasteiger partial charge >= 0.3 is 12.2 Å². The molecule has 2 saturated heterocycles. The normalized spacial score (nSPS) is 17.5. The van der Waals surface area contributed by atoms with Crippen molar-refractivity contribution in [1.29, 1.82) is 0 Å². The molecule has 0 unspecified atom stereocenters. The molecule has 15 nitrogen and oxygen atoms in total. The molecule has 0 bridgehead atoms. The molecule has 2 fully saturated rings. The number of alkyl carbamates (subject to hydrolysis) is 1. The van der Waals surface area contributed by atoms with Crippen LogP contribution in [0, 0.1) is 11.7 Å². The first kappa shape index (κ1) is 40.8. The van der Waals surface area contributed by atoms with Crippen molar-refractivity contribution in [3.8, 4) is 33.8 Å². The fourth-order valence-electron chi connectivity index (χ4n) is 8.62. The fourth-order valence-corrected chi connectivity index (χ4v) is 8.62. The van der Waals surface area contributed by atoms with E-state index in [1.165, 1.54) is 20.2 Å². The maximum Gasteiger partial charge on any atom is 0.407 e.